The van der Waals surface area contributed by atoms with Gasteiger partial charge in [0.05, 0.1) is 19.4 Å². The van der Waals surface area contributed by atoms with Crippen molar-refractivity contribution in [3.63, 3.8) is 0 Å². The van der Waals surface area contributed by atoms with Gasteiger partial charge in [-0.05, 0) is 47.2 Å². The van der Waals surface area contributed by atoms with E-state index in [-0.39, 0.29) is 5.91 Å². The average molecular weight is 369 g/mol. The van der Waals surface area contributed by atoms with Crippen LogP contribution in [0.5, 0.6) is 0 Å². The number of anilines is 1. The van der Waals surface area contributed by atoms with Gasteiger partial charge < -0.3 is 9.73 Å². The predicted molar refractivity (Wildman–Crippen MR) is 106 cm³/mol. The fourth-order valence-electron chi connectivity index (χ4n) is 2.79. The summed E-state index contributed by atoms with van der Waals surface area (Å²) in [5, 5.41) is 5.07. The summed E-state index contributed by atoms with van der Waals surface area (Å²) in [6.45, 7) is 5.92. The molecule has 26 heavy (non-hydrogen) atoms. The number of furan rings is 1. The molecule has 0 radical (unpaired) electrons. The van der Waals surface area contributed by atoms with E-state index in [0.717, 1.165) is 18.0 Å². The Morgan fingerprint density at radius 2 is 2.04 bits per heavy atom. The van der Waals surface area contributed by atoms with Crippen LogP contribution in [0.25, 0.3) is 0 Å². The molecule has 0 aliphatic carbocycles. The fraction of sp³-hybridized carbons (Fsp3) is 0.286. The van der Waals surface area contributed by atoms with Gasteiger partial charge in [0, 0.05) is 17.1 Å². The maximum Gasteiger partial charge on any atom is 0.238 e. The zero-order valence-corrected chi connectivity index (χ0v) is 16.0. The van der Waals surface area contributed by atoms with Gasteiger partial charge in [-0.25, -0.2) is 0 Å². The first-order valence-electron chi connectivity index (χ1n) is 8.77. The van der Waals surface area contributed by atoms with Crippen LogP contribution >= 0.6 is 11.3 Å². The summed E-state index contributed by atoms with van der Waals surface area (Å²) in [7, 11) is 0. The first kappa shape index (κ1) is 18.4. The van der Waals surface area contributed by atoms with Crippen molar-refractivity contribution < 1.29 is 9.21 Å². The third kappa shape index (κ3) is 5.31. The highest BCUT2D eigenvalue weighted by Gasteiger charge is 2.14. The van der Waals surface area contributed by atoms with Crippen LogP contribution in [0.15, 0.2) is 64.6 Å². The predicted octanol–water partition coefficient (Wildman–Crippen LogP) is 5.11. The first-order chi connectivity index (χ1) is 12.6. The van der Waals surface area contributed by atoms with E-state index in [1.165, 1.54) is 10.4 Å². The second-order valence-electron chi connectivity index (χ2n) is 6.63. The minimum atomic E-state index is -0.0194. The van der Waals surface area contributed by atoms with Crippen LogP contribution in [-0.2, 0) is 17.9 Å². The molecule has 0 aliphatic rings. The fourth-order valence-corrected chi connectivity index (χ4v) is 3.54. The number of amides is 1. The molecule has 2 aromatic heterocycles. The maximum atomic E-state index is 12.6. The standard InChI is InChI=1S/C21H24N2O2S/c1-16(2)17-6-3-7-18(12-17)22-21(24)15-23(13-19-8-4-10-25-19)14-20-9-5-11-26-20/h3-12,16H,13-15H2,1-2H3,(H,22,24). The van der Waals surface area contributed by atoms with Gasteiger partial charge in [-0.15, -0.1) is 11.3 Å². The van der Waals surface area contributed by atoms with E-state index >= 15 is 0 Å². The van der Waals surface area contributed by atoms with Gasteiger partial charge in [-0.2, -0.15) is 0 Å². The molecule has 3 rings (SSSR count). The topological polar surface area (TPSA) is 45.5 Å². The highest BCUT2D eigenvalue weighted by atomic mass is 32.1. The Morgan fingerprint density at radius 1 is 1.15 bits per heavy atom. The van der Waals surface area contributed by atoms with Crippen LogP contribution in [0.3, 0.4) is 0 Å². The summed E-state index contributed by atoms with van der Waals surface area (Å²) in [6, 6.07) is 16.0. The minimum Gasteiger partial charge on any atom is -0.468 e. The Hall–Kier alpha value is -2.37. The number of rotatable bonds is 8. The Labute approximate surface area is 158 Å². The third-order valence-corrected chi connectivity index (χ3v) is 4.98. The number of carbonyl (C=O) groups is 1. The van der Waals surface area contributed by atoms with Crippen LogP contribution in [0.2, 0.25) is 0 Å². The lowest BCUT2D eigenvalue weighted by molar-refractivity contribution is -0.117. The second kappa shape index (κ2) is 8.83. The quantitative estimate of drug-likeness (QED) is 0.601. The zero-order valence-electron chi connectivity index (χ0n) is 15.1. The van der Waals surface area contributed by atoms with Crippen molar-refractivity contribution in [2.75, 3.05) is 11.9 Å². The Morgan fingerprint density at radius 3 is 2.73 bits per heavy atom. The van der Waals surface area contributed by atoms with Gasteiger partial charge in [-0.1, -0.05) is 32.0 Å². The van der Waals surface area contributed by atoms with Crippen LogP contribution in [0, 0.1) is 0 Å². The maximum absolute atomic E-state index is 12.6. The average Bonchev–Trinajstić information content (AvgIpc) is 3.29. The molecule has 2 heterocycles. The summed E-state index contributed by atoms with van der Waals surface area (Å²) in [5.41, 5.74) is 2.06. The van der Waals surface area contributed by atoms with E-state index in [1.54, 1.807) is 17.6 Å². The second-order valence-corrected chi connectivity index (χ2v) is 7.66. The largest absolute Gasteiger partial charge is 0.468 e. The molecule has 0 aliphatic heterocycles. The van der Waals surface area contributed by atoms with E-state index in [2.05, 4.69) is 41.6 Å². The van der Waals surface area contributed by atoms with Crippen molar-refractivity contribution >= 4 is 22.9 Å². The van der Waals surface area contributed by atoms with Crippen molar-refractivity contribution in [1.29, 1.82) is 0 Å². The van der Waals surface area contributed by atoms with Gasteiger partial charge in [0.1, 0.15) is 5.76 Å². The van der Waals surface area contributed by atoms with Crippen molar-refractivity contribution in [2.45, 2.75) is 32.9 Å². The number of benzene rings is 1. The Kier molecular flexibility index (Phi) is 6.26. The molecule has 1 amide bonds. The minimum absolute atomic E-state index is 0.0194. The smallest absolute Gasteiger partial charge is 0.238 e. The summed E-state index contributed by atoms with van der Waals surface area (Å²) in [6.07, 6.45) is 1.66. The number of carbonyl (C=O) groups excluding carboxylic acids is 1. The van der Waals surface area contributed by atoms with E-state index < -0.39 is 0 Å². The molecule has 1 N–H and O–H groups in total. The summed E-state index contributed by atoms with van der Waals surface area (Å²) in [5.74, 6) is 1.27. The molecule has 0 spiro atoms. The number of thiophene rings is 1. The van der Waals surface area contributed by atoms with Gasteiger partial charge in [0.2, 0.25) is 5.91 Å². The highest BCUT2D eigenvalue weighted by Crippen LogP contribution is 2.19. The van der Waals surface area contributed by atoms with Crippen molar-refractivity contribution in [3.05, 3.63) is 76.4 Å². The third-order valence-electron chi connectivity index (χ3n) is 4.12. The van der Waals surface area contributed by atoms with Gasteiger partial charge >= 0.3 is 0 Å². The molecule has 0 fully saturated rings. The highest BCUT2D eigenvalue weighted by molar-refractivity contribution is 7.09. The molecular formula is C21H24N2O2S. The van der Waals surface area contributed by atoms with Crippen molar-refractivity contribution in [1.82, 2.24) is 4.90 Å². The molecule has 0 saturated carbocycles. The van der Waals surface area contributed by atoms with Crippen LogP contribution < -0.4 is 5.32 Å². The number of nitrogens with one attached hydrogen (secondary N) is 1. The van der Waals surface area contributed by atoms with E-state index in [0.29, 0.717) is 19.0 Å². The van der Waals surface area contributed by atoms with E-state index in [9.17, 15) is 4.79 Å². The Balaban J connectivity index is 1.65. The molecular weight excluding hydrogens is 344 g/mol. The molecule has 0 saturated heterocycles. The Bertz CT molecular complexity index is 774. The van der Waals surface area contributed by atoms with Crippen LogP contribution in [-0.4, -0.2) is 17.4 Å². The van der Waals surface area contributed by atoms with Gasteiger partial charge in [-0.3, -0.25) is 9.69 Å². The van der Waals surface area contributed by atoms with E-state index in [1.807, 2.05) is 36.4 Å². The molecule has 4 nitrogen and oxygen atoms in total. The van der Waals surface area contributed by atoms with Gasteiger partial charge in [0.15, 0.2) is 0 Å². The SMILES string of the molecule is CC(C)c1cccc(NC(=O)CN(Cc2ccco2)Cc2cccs2)c1. The lowest BCUT2D eigenvalue weighted by atomic mass is 10.0. The van der Waals surface area contributed by atoms with Crippen molar-refractivity contribution in [2.24, 2.45) is 0 Å². The summed E-state index contributed by atoms with van der Waals surface area (Å²) >= 11 is 1.70. The molecule has 0 unspecified atom stereocenters. The lowest BCUT2D eigenvalue weighted by Gasteiger charge is -2.20. The molecule has 136 valence electrons. The first-order valence-corrected chi connectivity index (χ1v) is 9.65. The molecule has 3 aromatic rings. The molecule has 0 atom stereocenters. The normalized spacial score (nSPS) is 11.2. The lowest BCUT2D eigenvalue weighted by Crippen LogP contribution is -2.32. The van der Waals surface area contributed by atoms with Crippen LogP contribution in [0.4, 0.5) is 5.69 Å². The zero-order chi connectivity index (χ0) is 18.4. The molecule has 1 aromatic carbocycles. The molecule has 0 bridgehead atoms. The summed E-state index contributed by atoms with van der Waals surface area (Å²) < 4.78 is 5.46. The number of nitrogens with zero attached hydrogens (tertiary/aromatic N) is 1. The van der Waals surface area contributed by atoms with Gasteiger partial charge in [0.25, 0.3) is 0 Å². The summed E-state index contributed by atoms with van der Waals surface area (Å²) in [4.78, 5) is 15.9. The van der Waals surface area contributed by atoms with Crippen molar-refractivity contribution in [3.8, 4) is 0 Å². The number of hydrogen-bond acceptors (Lipinski definition) is 4. The monoisotopic (exact) mass is 368 g/mol. The van der Waals surface area contributed by atoms with E-state index in [4.69, 9.17) is 4.42 Å². The number of hydrogen-bond donors (Lipinski definition) is 1. The van der Waals surface area contributed by atoms with Crippen LogP contribution in [0.1, 0.15) is 36.0 Å². The molecule has 5 heteroatoms.